The van der Waals surface area contributed by atoms with E-state index in [0.717, 1.165) is 11.3 Å². The van der Waals surface area contributed by atoms with E-state index in [-0.39, 0.29) is 16.8 Å². The smallest absolute Gasteiger partial charge is 0.261 e. The van der Waals surface area contributed by atoms with Gasteiger partial charge in [-0.3, -0.25) is 4.79 Å². The van der Waals surface area contributed by atoms with Crippen molar-refractivity contribution in [2.75, 3.05) is 13.7 Å². The van der Waals surface area contributed by atoms with E-state index >= 15 is 0 Å². The molecule has 0 aromatic carbocycles. The van der Waals surface area contributed by atoms with Crippen LogP contribution in [-0.2, 0) is 14.8 Å². The number of aryl methyl sites for hydroxylation is 1. The highest BCUT2D eigenvalue weighted by atomic mass is 32.2. The summed E-state index contributed by atoms with van der Waals surface area (Å²) in [5, 5.41) is 7.85. The van der Waals surface area contributed by atoms with E-state index in [4.69, 9.17) is 9.88 Å². The molecule has 1 atom stereocenters. The van der Waals surface area contributed by atoms with Crippen molar-refractivity contribution in [3.05, 3.63) is 15.8 Å². The first-order chi connectivity index (χ1) is 8.75. The molecule has 0 aliphatic heterocycles. The number of hydrogen-bond donors (Lipinski definition) is 2. The maximum atomic E-state index is 11.9. The molecule has 1 aromatic heterocycles. The van der Waals surface area contributed by atoms with Crippen LogP contribution < -0.4 is 10.5 Å². The van der Waals surface area contributed by atoms with E-state index in [1.807, 2.05) is 6.92 Å². The Labute approximate surface area is 117 Å². The van der Waals surface area contributed by atoms with Crippen LogP contribution in [0.1, 0.15) is 27.9 Å². The van der Waals surface area contributed by atoms with Crippen LogP contribution in [0.25, 0.3) is 0 Å². The molecule has 0 bridgehead atoms. The fourth-order valence-corrected chi connectivity index (χ4v) is 3.57. The minimum absolute atomic E-state index is 0.00666. The van der Waals surface area contributed by atoms with Gasteiger partial charge < -0.3 is 10.1 Å². The molecule has 0 saturated heterocycles. The molecule has 0 saturated carbocycles. The molecule has 1 rings (SSSR count). The van der Waals surface area contributed by atoms with E-state index < -0.39 is 10.0 Å². The summed E-state index contributed by atoms with van der Waals surface area (Å²) in [6.45, 7) is 4.03. The minimum atomic E-state index is -3.78. The van der Waals surface area contributed by atoms with Crippen molar-refractivity contribution >= 4 is 27.3 Å². The van der Waals surface area contributed by atoms with Gasteiger partial charge in [-0.2, -0.15) is 0 Å². The Hall–Kier alpha value is -0.960. The number of primary sulfonamides is 1. The average Bonchev–Trinajstić information content (AvgIpc) is 2.68. The van der Waals surface area contributed by atoms with Crippen molar-refractivity contribution in [3.8, 4) is 0 Å². The van der Waals surface area contributed by atoms with Gasteiger partial charge in [-0.05, 0) is 26.3 Å². The zero-order valence-corrected chi connectivity index (χ0v) is 12.7. The molecular weight excluding hydrogens is 288 g/mol. The number of amides is 1. The molecule has 1 amide bonds. The molecule has 1 unspecified atom stereocenters. The Morgan fingerprint density at radius 2 is 2.21 bits per heavy atom. The Morgan fingerprint density at radius 3 is 2.68 bits per heavy atom. The van der Waals surface area contributed by atoms with Crippen LogP contribution in [0.2, 0.25) is 0 Å². The van der Waals surface area contributed by atoms with Gasteiger partial charge in [0, 0.05) is 24.6 Å². The third-order valence-electron chi connectivity index (χ3n) is 2.54. The van der Waals surface area contributed by atoms with E-state index in [1.54, 1.807) is 14.0 Å². The van der Waals surface area contributed by atoms with Gasteiger partial charge in [0.1, 0.15) is 0 Å². The summed E-state index contributed by atoms with van der Waals surface area (Å²) in [5.74, 6) is -0.299. The highest BCUT2D eigenvalue weighted by Gasteiger charge is 2.19. The van der Waals surface area contributed by atoms with Gasteiger partial charge >= 0.3 is 0 Å². The highest BCUT2D eigenvalue weighted by Crippen LogP contribution is 2.24. The summed E-state index contributed by atoms with van der Waals surface area (Å²) < 4.78 is 27.5. The average molecular weight is 306 g/mol. The normalized spacial score (nSPS) is 13.3. The Kier molecular flexibility index (Phi) is 5.48. The van der Waals surface area contributed by atoms with Crippen molar-refractivity contribution in [1.29, 1.82) is 0 Å². The van der Waals surface area contributed by atoms with Gasteiger partial charge in [-0.15, -0.1) is 11.3 Å². The summed E-state index contributed by atoms with van der Waals surface area (Å²) in [4.78, 5) is 12.8. The summed E-state index contributed by atoms with van der Waals surface area (Å²) in [6, 6.07) is 1.26. The van der Waals surface area contributed by atoms with E-state index in [0.29, 0.717) is 22.8 Å². The second kappa shape index (κ2) is 6.47. The molecule has 0 fully saturated rings. The van der Waals surface area contributed by atoms with Crippen LogP contribution in [0, 0.1) is 6.92 Å². The first-order valence-corrected chi connectivity index (χ1v) is 8.05. The number of methoxy groups -OCH3 is 1. The lowest BCUT2D eigenvalue weighted by Gasteiger charge is -2.12. The SMILES string of the molecule is COCCC(C)NC(=O)c1cc(S(N)(=O)=O)c(C)s1. The van der Waals surface area contributed by atoms with Crippen molar-refractivity contribution in [1.82, 2.24) is 5.32 Å². The van der Waals surface area contributed by atoms with Crippen LogP contribution in [-0.4, -0.2) is 34.1 Å². The fourth-order valence-electron chi connectivity index (χ4n) is 1.52. The number of carbonyl (C=O) groups is 1. The standard InChI is InChI=1S/C11H18N2O4S2/c1-7(4-5-17-3)13-11(14)9-6-10(8(2)18-9)19(12,15)16/h6-7H,4-5H2,1-3H3,(H,13,14)(H2,12,15,16). The zero-order valence-electron chi connectivity index (χ0n) is 11.1. The maximum absolute atomic E-state index is 11.9. The predicted molar refractivity (Wildman–Crippen MR) is 73.9 cm³/mol. The molecule has 19 heavy (non-hydrogen) atoms. The van der Waals surface area contributed by atoms with Crippen LogP contribution >= 0.6 is 11.3 Å². The molecule has 0 radical (unpaired) electrons. The number of nitrogens with one attached hydrogen (secondary N) is 1. The molecule has 3 N–H and O–H groups in total. The number of carbonyl (C=O) groups excluding carboxylic acids is 1. The van der Waals surface area contributed by atoms with Gasteiger partial charge in [-0.25, -0.2) is 13.6 Å². The first-order valence-electron chi connectivity index (χ1n) is 5.68. The molecule has 0 spiro atoms. The maximum Gasteiger partial charge on any atom is 0.261 e. The molecule has 6 nitrogen and oxygen atoms in total. The Bertz CT molecular complexity index is 551. The van der Waals surface area contributed by atoms with Gasteiger partial charge in [0.15, 0.2) is 0 Å². The number of thiophene rings is 1. The lowest BCUT2D eigenvalue weighted by Crippen LogP contribution is -2.32. The first kappa shape index (κ1) is 16.1. The second-order valence-corrected chi connectivity index (χ2v) is 7.02. The topological polar surface area (TPSA) is 98.5 Å². The Balaban J connectivity index is 2.79. The van der Waals surface area contributed by atoms with Crippen molar-refractivity contribution in [3.63, 3.8) is 0 Å². The third kappa shape index (κ3) is 4.57. The predicted octanol–water partition coefficient (Wildman–Crippen LogP) is 0.859. The number of hydrogen-bond acceptors (Lipinski definition) is 5. The monoisotopic (exact) mass is 306 g/mol. The van der Waals surface area contributed by atoms with E-state index in [2.05, 4.69) is 5.32 Å². The molecule has 108 valence electrons. The van der Waals surface area contributed by atoms with Gasteiger partial charge in [0.25, 0.3) is 5.91 Å². The van der Waals surface area contributed by atoms with Gasteiger partial charge in [-0.1, -0.05) is 0 Å². The highest BCUT2D eigenvalue weighted by molar-refractivity contribution is 7.89. The van der Waals surface area contributed by atoms with Crippen molar-refractivity contribution in [2.45, 2.75) is 31.2 Å². The fraction of sp³-hybridized carbons (Fsp3) is 0.545. The lowest BCUT2D eigenvalue weighted by atomic mass is 10.2. The number of sulfonamides is 1. The van der Waals surface area contributed by atoms with Crippen LogP contribution in [0.3, 0.4) is 0 Å². The quantitative estimate of drug-likeness (QED) is 0.814. The molecule has 0 aliphatic carbocycles. The number of ether oxygens (including phenoxy) is 1. The summed E-state index contributed by atoms with van der Waals surface area (Å²) in [6.07, 6.45) is 0.689. The Morgan fingerprint density at radius 1 is 1.58 bits per heavy atom. The van der Waals surface area contributed by atoms with E-state index in [1.165, 1.54) is 6.07 Å². The van der Waals surface area contributed by atoms with E-state index in [9.17, 15) is 13.2 Å². The number of rotatable bonds is 6. The van der Waals surface area contributed by atoms with Crippen molar-refractivity contribution in [2.24, 2.45) is 5.14 Å². The van der Waals surface area contributed by atoms with Crippen LogP contribution in [0.5, 0.6) is 0 Å². The molecule has 8 heteroatoms. The molecule has 0 aliphatic rings. The van der Waals surface area contributed by atoms with Gasteiger partial charge in [0.2, 0.25) is 10.0 Å². The number of nitrogens with two attached hydrogens (primary N) is 1. The lowest BCUT2D eigenvalue weighted by molar-refractivity contribution is 0.0933. The molecule has 1 aromatic rings. The molecular formula is C11H18N2O4S2. The summed E-state index contributed by atoms with van der Waals surface area (Å²) >= 11 is 1.11. The second-order valence-electron chi connectivity index (χ2n) is 4.23. The third-order valence-corrected chi connectivity index (χ3v) is 4.75. The molecule has 1 heterocycles. The summed E-state index contributed by atoms with van der Waals surface area (Å²) in [5.41, 5.74) is 0. The minimum Gasteiger partial charge on any atom is -0.385 e. The van der Waals surface area contributed by atoms with Crippen LogP contribution in [0.4, 0.5) is 0 Å². The largest absolute Gasteiger partial charge is 0.385 e. The van der Waals surface area contributed by atoms with Crippen molar-refractivity contribution < 1.29 is 17.9 Å². The van der Waals surface area contributed by atoms with Crippen LogP contribution in [0.15, 0.2) is 11.0 Å². The van der Waals surface area contributed by atoms with Gasteiger partial charge in [0.05, 0.1) is 9.77 Å². The zero-order chi connectivity index (χ0) is 14.6. The summed E-state index contributed by atoms with van der Waals surface area (Å²) in [7, 11) is -2.19.